The number of benzene rings is 1. The Morgan fingerprint density at radius 1 is 1.53 bits per heavy atom. The van der Waals surface area contributed by atoms with Crippen LogP contribution in [0.5, 0.6) is 0 Å². The molecule has 0 unspecified atom stereocenters. The molecule has 17 heavy (non-hydrogen) atoms. The van der Waals surface area contributed by atoms with Crippen LogP contribution in [0.3, 0.4) is 0 Å². The number of aliphatic hydroxyl groups is 1. The van der Waals surface area contributed by atoms with E-state index in [2.05, 4.69) is 15.3 Å². The molecule has 1 aromatic carbocycles. The molecule has 1 aromatic heterocycles. The average Bonchev–Trinajstić information content (AvgIpc) is 2.96. The highest BCUT2D eigenvalue weighted by atomic mass is 16.3. The molecule has 88 valence electrons. The number of nitrogens with one attached hydrogen (secondary N) is 2. The summed E-state index contributed by atoms with van der Waals surface area (Å²) >= 11 is 0. The van der Waals surface area contributed by atoms with E-state index in [0.29, 0.717) is 5.56 Å². The Morgan fingerprint density at radius 3 is 3.06 bits per heavy atom. The molecule has 3 rings (SSSR count). The number of H-pyrrole nitrogens is 1. The van der Waals surface area contributed by atoms with E-state index >= 15 is 0 Å². The molecule has 1 amide bonds. The lowest BCUT2D eigenvalue weighted by Crippen LogP contribution is -2.39. The summed E-state index contributed by atoms with van der Waals surface area (Å²) < 4.78 is 0. The predicted molar refractivity (Wildman–Crippen MR) is 62.6 cm³/mol. The van der Waals surface area contributed by atoms with Crippen molar-refractivity contribution in [3.8, 4) is 0 Å². The summed E-state index contributed by atoms with van der Waals surface area (Å²) in [7, 11) is 0. The molecule has 1 aliphatic rings. The van der Waals surface area contributed by atoms with E-state index in [4.69, 9.17) is 5.11 Å². The fraction of sp³-hybridized carbons (Fsp3) is 0.333. The van der Waals surface area contributed by atoms with Crippen LogP contribution in [-0.4, -0.2) is 33.1 Å². The van der Waals surface area contributed by atoms with Gasteiger partial charge in [-0.2, -0.15) is 0 Å². The monoisotopic (exact) mass is 231 g/mol. The number of carbonyl (C=O) groups excluding carboxylic acids is 1. The van der Waals surface area contributed by atoms with E-state index < -0.39 is 0 Å². The van der Waals surface area contributed by atoms with Crippen molar-refractivity contribution in [2.45, 2.75) is 18.4 Å². The summed E-state index contributed by atoms with van der Waals surface area (Å²) in [6.45, 7) is 0.00500. The van der Waals surface area contributed by atoms with Crippen molar-refractivity contribution in [2.75, 3.05) is 6.61 Å². The number of aromatic amines is 1. The van der Waals surface area contributed by atoms with Crippen molar-refractivity contribution in [1.29, 1.82) is 0 Å². The maximum Gasteiger partial charge on any atom is 0.251 e. The molecule has 5 nitrogen and oxygen atoms in total. The predicted octanol–water partition coefficient (Wildman–Crippen LogP) is 0.818. The molecule has 0 bridgehead atoms. The fourth-order valence-electron chi connectivity index (χ4n) is 1.86. The molecule has 1 aliphatic carbocycles. The summed E-state index contributed by atoms with van der Waals surface area (Å²) in [5, 5.41) is 12.0. The van der Waals surface area contributed by atoms with E-state index in [0.717, 1.165) is 23.9 Å². The van der Waals surface area contributed by atoms with Crippen molar-refractivity contribution in [3.63, 3.8) is 0 Å². The quantitative estimate of drug-likeness (QED) is 0.731. The van der Waals surface area contributed by atoms with Crippen LogP contribution in [-0.2, 0) is 0 Å². The average molecular weight is 231 g/mol. The number of hydrogen-bond donors (Lipinski definition) is 3. The van der Waals surface area contributed by atoms with E-state index in [-0.39, 0.29) is 18.1 Å². The highest BCUT2D eigenvalue weighted by Gasteiger charge is 2.43. The van der Waals surface area contributed by atoms with Gasteiger partial charge in [-0.15, -0.1) is 0 Å². The first-order valence-electron chi connectivity index (χ1n) is 5.59. The van der Waals surface area contributed by atoms with Gasteiger partial charge in [0.25, 0.3) is 5.91 Å². The van der Waals surface area contributed by atoms with Gasteiger partial charge in [-0.3, -0.25) is 4.79 Å². The second-order valence-electron chi connectivity index (χ2n) is 4.53. The molecular formula is C12H13N3O2. The molecule has 0 aliphatic heterocycles. The van der Waals surface area contributed by atoms with E-state index in [1.54, 1.807) is 24.5 Å². The van der Waals surface area contributed by atoms with Crippen LogP contribution < -0.4 is 5.32 Å². The van der Waals surface area contributed by atoms with Crippen LogP contribution in [0.25, 0.3) is 11.0 Å². The Balaban J connectivity index is 1.85. The minimum atomic E-state index is -0.375. The second kappa shape index (κ2) is 3.56. The summed E-state index contributed by atoms with van der Waals surface area (Å²) in [5.41, 5.74) is 1.89. The maximum absolute atomic E-state index is 12.0. The normalized spacial score (nSPS) is 17.0. The van der Waals surface area contributed by atoms with Gasteiger partial charge in [0.05, 0.1) is 29.5 Å². The standard InChI is InChI=1S/C12H13N3O2/c16-6-12(3-4-12)15-11(17)8-1-2-9-10(5-8)14-7-13-9/h1-2,5,7,16H,3-4,6H2,(H,13,14)(H,15,17). The molecule has 1 fully saturated rings. The van der Waals surface area contributed by atoms with Crippen molar-refractivity contribution in [2.24, 2.45) is 0 Å². The van der Waals surface area contributed by atoms with E-state index in [9.17, 15) is 4.79 Å². The summed E-state index contributed by atoms with van der Waals surface area (Å²) in [5.74, 6) is -0.145. The minimum Gasteiger partial charge on any atom is -0.394 e. The Kier molecular flexibility index (Phi) is 2.16. The zero-order valence-electron chi connectivity index (χ0n) is 9.23. The smallest absolute Gasteiger partial charge is 0.251 e. The molecule has 1 saturated carbocycles. The van der Waals surface area contributed by atoms with Gasteiger partial charge in [0.2, 0.25) is 0 Å². The highest BCUT2D eigenvalue weighted by molar-refractivity contribution is 5.97. The van der Waals surface area contributed by atoms with Gasteiger partial charge in [-0.25, -0.2) is 4.98 Å². The summed E-state index contributed by atoms with van der Waals surface area (Å²) in [4.78, 5) is 19.0. The minimum absolute atomic E-state index is 0.00500. The number of hydrogen-bond acceptors (Lipinski definition) is 3. The van der Waals surface area contributed by atoms with E-state index in [1.165, 1.54) is 0 Å². The lowest BCUT2D eigenvalue weighted by molar-refractivity contribution is 0.0907. The lowest BCUT2D eigenvalue weighted by Gasteiger charge is -2.14. The fourth-order valence-corrected chi connectivity index (χ4v) is 1.86. The first-order chi connectivity index (χ1) is 8.22. The molecule has 0 saturated heterocycles. The number of aromatic nitrogens is 2. The van der Waals surface area contributed by atoms with Crippen LogP contribution in [0.2, 0.25) is 0 Å². The Morgan fingerprint density at radius 2 is 2.35 bits per heavy atom. The van der Waals surface area contributed by atoms with Crippen LogP contribution in [0, 0.1) is 0 Å². The third-order valence-electron chi connectivity index (χ3n) is 3.22. The first kappa shape index (κ1) is 10.3. The van der Waals surface area contributed by atoms with Gasteiger partial charge in [-0.1, -0.05) is 0 Å². The lowest BCUT2D eigenvalue weighted by atomic mass is 10.1. The molecule has 3 N–H and O–H groups in total. The number of carbonyl (C=O) groups is 1. The molecule has 0 atom stereocenters. The largest absolute Gasteiger partial charge is 0.394 e. The Labute approximate surface area is 97.9 Å². The molecule has 0 radical (unpaired) electrons. The van der Waals surface area contributed by atoms with Gasteiger partial charge in [0, 0.05) is 5.56 Å². The zero-order valence-corrected chi connectivity index (χ0v) is 9.23. The molecular weight excluding hydrogens is 218 g/mol. The number of imidazole rings is 1. The van der Waals surface area contributed by atoms with Crippen molar-refractivity contribution in [1.82, 2.24) is 15.3 Å². The van der Waals surface area contributed by atoms with Crippen molar-refractivity contribution >= 4 is 16.9 Å². The van der Waals surface area contributed by atoms with Crippen LogP contribution in [0.15, 0.2) is 24.5 Å². The Bertz CT molecular complexity index is 572. The van der Waals surface area contributed by atoms with Crippen LogP contribution in [0.4, 0.5) is 0 Å². The van der Waals surface area contributed by atoms with Gasteiger partial charge >= 0.3 is 0 Å². The molecule has 5 heteroatoms. The van der Waals surface area contributed by atoms with Crippen LogP contribution >= 0.6 is 0 Å². The maximum atomic E-state index is 12.0. The second-order valence-corrected chi connectivity index (χ2v) is 4.53. The number of amides is 1. The number of nitrogens with zero attached hydrogens (tertiary/aromatic N) is 1. The van der Waals surface area contributed by atoms with Crippen molar-refractivity contribution < 1.29 is 9.90 Å². The third kappa shape index (κ3) is 1.78. The van der Waals surface area contributed by atoms with Gasteiger partial charge in [0.1, 0.15) is 0 Å². The van der Waals surface area contributed by atoms with Gasteiger partial charge in [0.15, 0.2) is 0 Å². The van der Waals surface area contributed by atoms with Gasteiger partial charge in [-0.05, 0) is 31.0 Å². The number of fused-ring (bicyclic) bond motifs is 1. The Hall–Kier alpha value is -1.88. The first-order valence-corrected chi connectivity index (χ1v) is 5.59. The SMILES string of the molecule is O=C(NC1(CO)CC1)c1ccc2nc[nH]c2c1. The topological polar surface area (TPSA) is 78.0 Å². The van der Waals surface area contributed by atoms with E-state index in [1.807, 2.05) is 0 Å². The summed E-state index contributed by atoms with van der Waals surface area (Å²) in [6.07, 6.45) is 3.30. The molecule has 2 aromatic rings. The highest BCUT2D eigenvalue weighted by Crippen LogP contribution is 2.34. The molecule has 1 heterocycles. The zero-order chi connectivity index (χ0) is 11.9. The van der Waals surface area contributed by atoms with Gasteiger partial charge < -0.3 is 15.4 Å². The van der Waals surface area contributed by atoms with Crippen LogP contribution in [0.1, 0.15) is 23.2 Å². The number of aliphatic hydroxyl groups excluding tert-OH is 1. The molecule has 0 spiro atoms. The van der Waals surface area contributed by atoms with Crippen molar-refractivity contribution in [3.05, 3.63) is 30.1 Å². The number of rotatable bonds is 3. The third-order valence-corrected chi connectivity index (χ3v) is 3.22. The summed E-state index contributed by atoms with van der Waals surface area (Å²) in [6, 6.07) is 5.32.